The number of ether oxygens (including phenoxy) is 2. The maximum Gasteiger partial charge on any atom is 0.329 e. The van der Waals surface area contributed by atoms with Crippen LogP contribution in [0.2, 0.25) is 5.02 Å². The lowest BCUT2D eigenvalue weighted by atomic mass is 10.1. The Kier molecular flexibility index (Phi) is 5.90. The highest BCUT2D eigenvalue weighted by molar-refractivity contribution is 6.31. The second kappa shape index (κ2) is 8.35. The second-order valence-electron chi connectivity index (χ2n) is 6.52. The molecule has 2 aromatic carbocycles. The van der Waals surface area contributed by atoms with Crippen molar-refractivity contribution in [3.63, 3.8) is 0 Å². The maximum atomic E-state index is 12.8. The van der Waals surface area contributed by atoms with Gasteiger partial charge >= 0.3 is 6.03 Å². The fourth-order valence-electron chi connectivity index (χ4n) is 2.84. The van der Waals surface area contributed by atoms with Gasteiger partial charge in [-0.05, 0) is 37.6 Å². The van der Waals surface area contributed by atoms with Crippen LogP contribution in [0.1, 0.15) is 25.0 Å². The van der Waals surface area contributed by atoms with Gasteiger partial charge in [-0.1, -0.05) is 41.9 Å². The number of rotatable bonds is 6. The van der Waals surface area contributed by atoms with Crippen molar-refractivity contribution in [1.82, 2.24) is 10.2 Å². The van der Waals surface area contributed by atoms with Crippen molar-refractivity contribution < 1.29 is 19.1 Å². The maximum absolute atomic E-state index is 12.8. The molecule has 0 spiro atoms. The van der Waals surface area contributed by atoms with Gasteiger partial charge < -0.3 is 14.8 Å². The number of amides is 3. The topological polar surface area (TPSA) is 67.9 Å². The molecule has 146 valence electrons. The Morgan fingerprint density at radius 3 is 2.57 bits per heavy atom. The van der Waals surface area contributed by atoms with Crippen molar-refractivity contribution in [3.05, 3.63) is 64.3 Å². The van der Waals surface area contributed by atoms with Gasteiger partial charge in [0, 0.05) is 10.6 Å². The highest BCUT2D eigenvalue weighted by atomic mass is 35.5. The van der Waals surface area contributed by atoms with Gasteiger partial charge in [-0.15, -0.1) is 0 Å². The molecule has 0 saturated carbocycles. The standard InChI is InChI=1S/C21H21ClN2O4/c1-13(2)28-19-14(8-6-10-18(19)27-3)11-17-20(25)24(21(26)23-17)12-15-7-4-5-9-16(15)22/h4-11,13H,12H2,1-3H3,(H,23,26)/b17-11-. The van der Waals surface area contributed by atoms with E-state index in [-0.39, 0.29) is 18.3 Å². The van der Waals surface area contributed by atoms with Crippen LogP contribution in [0.5, 0.6) is 11.5 Å². The van der Waals surface area contributed by atoms with Crippen molar-refractivity contribution in [2.24, 2.45) is 0 Å². The van der Waals surface area contributed by atoms with Gasteiger partial charge in [0.1, 0.15) is 5.70 Å². The van der Waals surface area contributed by atoms with Gasteiger partial charge in [0.25, 0.3) is 5.91 Å². The molecule has 1 fully saturated rings. The molecule has 7 heteroatoms. The SMILES string of the molecule is COc1cccc(/C=C2\NC(=O)N(Cc3ccccc3Cl)C2=O)c1OC(C)C. The zero-order chi connectivity index (χ0) is 20.3. The zero-order valence-corrected chi connectivity index (χ0v) is 16.6. The second-order valence-corrected chi connectivity index (χ2v) is 6.92. The molecule has 1 aliphatic rings. The predicted molar refractivity (Wildman–Crippen MR) is 107 cm³/mol. The number of urea groups is 1. The predicted octanol–water partition coefficient (Wildman–Crippen LogP) is 4.23. The fraction of sp³-hybridized carbons (Fsp3) is 0.238. The van der Waals surface area contributed by atoms with Gasteiger partial charge in [-0.2, -0.15) is 0 Å². The van der Waals surface area contributed by atoms with Crippen LogP contribution in [0, 0.1) is 0 Å². The van der Waals surface area contributed by atoms with Crippen molar-refractivity contribution in [1.29, 1.82) is 0 Å². The first kappa shape index (κ1) is 19.8. The van der Waals surface area contributed by atoms with E-state index in [0.29, 0.717) is 27.6 Å². The number of imide groups is 1. The third kappa shape index (κ3) is 4.12. The van der Waals surface area contributed by atoms with Crippen molar-refractivity contribution in [2.45, 2.75) is 26.5 Å². The summed E-state index contributed by atoms with van der Waals surface area (Å²) in [5.41, 5.74) is 1.49. The van der Waals surface area contributed by atoms with Crippen LogP contribution < -0.4 is 14.8 Å². The molecule has 2 aromatic rings. The first-order valence-corrected chi connectivity index (χ1v) is 9.20. The molecule has 1 saturated heterocycles. The van der Waals surface area contributed by atoms with E-state index in [4.69, 9.17) is 21.1 Å². The first-order chi connectivity index (χ1) is 13.4. The monoisotopic (exact) mass is 400 g/mol. The number of benzene rings is 2. The minimum atomic E-state index is -0.495. The van der Waals surface area contributed by atoms with E-state index in [0.717, 1.165) is 4.90 Å². The number of halogens is 1. The lowest BCUT2D eigenvalue weighted by Crippen LogP contribution is -2.30. The largest absolute Gasteiger partial charge is 0.493 e. The summed E-state index contributed by atoms with van der Waals surface area (Å²) in [5.74, 6) is 0.634. The molecule has 0 unspecified atom stereocenters. The minimum Gasteiger partial charge on any atom is -0.493 e. The Hall–Kier alpha value is -2.99. The van der Waals surface area contributed by atoms with Gasteiger partial charge in [-0.25, -0.2) is 4.79 Å². The Balaban J connectivity index is 1.91. The van der Waals surface area contributed by atoms with Gasteiger partial charge in [-0.3, -0.25) is 9.69 Å². The van der Waals surface area contributed by atoms with Gasteiger partial charge in [0.2, 0.25) is 0 Å². The van der Waals surface area contributed by atoms with E-state index in [1.165, 1.54) is 0 Å². The summed E-state index contributed by atoms with van der Waals surface area (Å²) >= 11 is 6.15. The summed E-state index contributed by atoms with van der Waals surface area (Å²) in [6, 6.07) is 12.0. The molecule has 3 rings (SSSR count). The third-order valence-electron chi connectivity index (χ3n) is 4.13. The molecule has 28 heavy (non-hydrogen) atoms. The average molecular weight is 401 g/mol. The lowest BCUT2D eigenvalue weighted by Gasteiger charge is -2.16. The van der Waals surface area contributed by atoms with Gasteiger partial charge in [0.15, 0.2) is 11.5 Å². The van der Waals surface area contributed by atoms with E-state index in [2.05, 4.69) is 5.32 Å². The van der Waals surface area contributed by atoms with Crippen molar-refractivity contribution >= 4 is 29.6 Å². The number of nitrogens with one attached hydrogen (secondary N) is 1. The van der Waals surface area contributed by atoms with Crippen LogP contribution in [-0.2, 0) is 11.3 Å². The van der Waals surface area contributed by atoms with Crippen LogP contribution >= 0.6 is 11.6 Å². The molecular weight excluding hydrogens is 380 g/mol. The Morgan fingerprint density at radius 1 is 1.14 bits per heavy atom. The van der Waals surface area contributed by atoms with E-state index in [9.17, 15) is 9.59 Å². The van der Waals surface area contributed by atoms with Crippen LogP contribution in [0.15, 0.2) is 48.2 Å². The first-order valence-electron chi connectivity index (χ1n) is 8.82. The van der Waals surface area contributed by atoms with E-state index < -0.39 is 11.9 Å². The lowest BCUT2D eigenvalue weighted by molar-refractivity contribution is -0.123. The number of nitrogens with zero attached hydrogens (tertiary/aromatic N) is 1. The van der Waals surface area contributed by atoms with Gasteiger partial charge in [0.05, 0.1) is 19.8 Å². The Bertz CT molecular complexity index is 940. The number of methoxy groups -OCH3 is 1. The Morgan fingerprint density at radius 2 is 1.89 bits per heavy atom. The summed E-state index contributed by atoms with van der Waals surface area (Å²) in [6.45, 7) is 3.89. The van der Waals surface area contributed by atoms with Crippen LogP contribution in [0.4, 0.5) is 4.79 Å². The van der Waals surface area contributed by atoms with E-state index in [1.807, 2.05) is 19.9 Å². The summed E-state index contributed by atoms with van der Waals surface area (Å²) in [6.07, 6.45) is 1.51. The molecule has 0 aliphatic carbocycles. The molecule has 0 radical (unpaired) electrons. The summed E-state index contributed by atoms with van der Waals surface area (Å²) in [4.78, 5) is 26.2. The summed E-state index contributed by atoms with van der Waals surface area (Å²) in [7, 11) is 1.55. The minimum absolute atomic E-state index is 0.0842. The van der Waals surface area contributed by atoms with Crippen LogP contribution in [0.25, 0.3) is 6.08 Å². The third-order valence-corrected chi connectivity index (χ3v) is 4.50. The summed E-state index contributed by atoms with van der Waals surface area (Å²) < 4.78 is 11.2. The number of carbonyl (C=O) groups excluding carboxylic acids is 2. The zero-order valence-electron chi connectivity index (χ0n) is 15.9. The molecule has 1 N–H and O–H groups in total. The van der Waals surface area contributed by atoms with E-state index in [1.54, 1.807) is 49.6 Å². The van der Waals surface area contributed by atoms with E-state index >= 15 is 0 Å². The highest BCUT2D eigenvalue weighted by Crippen LogP contribution is 2.34. The average Bonchev–Trinajstić information content (AvgIpc) is 2.92. The molecule has 3 amide bonds. The normalized spacial score (nSPS) is 15.3. The van der Waals surface area contributed by atoms with Crippen LogP contribution in [0.3, 0.4) is 0 Å². The molecule has 1 heterocycles. The number of carbonyl (C=O) groups is 2. The number of hydrogen-bond donors (Lipinski definition) is 1. The fourth-order valence-corrected chi connectivity index (χ4v) is 3.03. The Labute approximate surface area is 168 Å². The molecule has 0 bridgehead atoms. The number of hydrogen-bond acceptors (Lipinski definition) is 4. The van der Waals surface area contributed by atoms with Crippen molar-refractivity contribution in [3.8, 4) is 11.5 Å². The molecule has 0 aromatic heterocycles. The quantitative estimate of drug-likeness (QED) is 0.582. The smallest absolute Gasteiger partial charge is 0.329 e. The molecule has 0 atom stereocenters. The van der Waals surface area contributed by atoms with Crippen molar-refractivity contribution in [2.75, 3.05) is 7.11 Å². The molecular formula is C21H21ClN2O4. The van der Waals surface area contributed by atoms with Crippen LogP contribution in [-0.4, -0.2) is 30.1 Å². The highest BCUT2D eigenvalue weighted by Gasteiger charge is 2.34. The molecule has 6 nitrogen and oxygen atoms in total. The summed E-state index contributed by atoms with van der Waals surface area (Å²) in [5, 5.41) is 3.12. The number of para-hydroxylation sites is 1. The molecule has 1 aliphatic heterocycles.